The second kappa shape index (κ2) is 5.57. The molecule has 0 saturated carbocycles. The van der Waals surface area contributed by atoms with Gasteiger partial charge in [-0.1, -0.05) is 44.2 Å². The van der Waals surface area contributed by atoms with Gasteiger partial charge in [0.1, 0.15) is 5.72 Å². The number of benzene rings is 1. The van der Waals surface area contributed by atoms with Crippen molar-refractivity contribution in [2.24, 2.45) is 17.8 Å². The minimum Gasteiger partial charge on any atom is -0.353 e. The molecule has 3 fully saturated rings. The lowest BCUT2D eigenvalue weighted by Gasteiger charge is -2.36. The van der Waals surface area contributed by atoms with Crippen molar-refractivity contribution in [2.75, 3.05) is 19.7 Å². The Bertz CT molecular complexity index is 632. The molecule has 0 radical (unpaired) electrons. The van der Waals surface area contributed by atoms with Crippen LogP contribution in [0.3, 0.4) is 0 Å². The molecular formula is C20H28N2O2. The summed E-state index contributed by atoms with van der Waals surface area (Å²) in [7, 11) is 0. The summed E-state index contributed by atoms with van der Waals surface area (Å²) in [5, 5.41) is 0. The van der Waals surface area contributed by atoms with Crippen molar-refractivity contribution in [3.63, 3.8) is 0 Å². The Labute approximate surface area is 144 Å². The highest BCUT2D eigenvalue weighted by molar-refractivity contribution is 5.84. The number of ether oxygens (including phenoxy) is 1. The molecule has 1 amide bonds. The average Bonchev–Trinajstić information content (AvgIpc) is 3.21. The molecule has 5 atom stereocenters. The summed E-state index contributed by atoms with van der Waals surface area (Å²) in [4.78, 5) is 17.6. The van der Waals surface area contributed by atoms with Crippen molar-refractivity contribution in [2.45, 2.75) is 45.5 Å². The van der Waals surface area contributed by atoms with Gasteiger partial charge in [0.05, 0.1) is 18.6 Å². The van der Waals surface area contributed by atoms with Gasteiger partial charge in [0, 0.05) is 25.0 Å². The van der Waals surface area contributed by atoms with Crippen LogP contribution in [0.15, 0.2) is 30.3 Å². The fourth-order valence-electron chi connectivity index (χ4n) is 4.95. The third-order valence-electron chi connectivity index (χ3n) is 6.55. The maximum absolute atomic E-state index is 13.1. The molecule has 0 aliphatic carbocycles. The molecule has 24 heavy (non-hydrogen) atoms. The number of fused-ring (bicyclic) bond motifs is 3. The van der Waals surface area contributed by atoms with E-state index in [0.717, 1.165) is 13.1 Å². The number of hydrogen-bond donors (Lipinski definition) is 0. The summed E-state index contributed by atoms with van der Waals surface area (Å²) in [5.41, 5.74) is 0.904. The van der Waals surface area contributed by atoms with Gasteiger partial charge in [-0.3, -0.25) is 9.69 Å². The Morgan fingerprint density at radius 1 is 1.17 bits per heavy atom. The average molecular weight is 328 g/mol. The lowest BCUT2D eigenvalue weighted by molar-refractivity contribution is -0.141. The van der Waals surface area contributed by atoms with E-state index in [1.54, 1.807) is 0 Å². The lowest BCUT2D eigenvalue weighted by atomic mass is 9.92. The molecular weight excluding hydrogens is 300 g/mol. The third kappa shape index (κ3) is 2.16. The summed E-state index contributed by atoms with van der Waals surface area (Å²) in [6.45, 7) is 11.2. The van der Waals surface area contributed by atoms with Crippen LogP contribution in [0.1, 0.15) is 39.3 Å². The first-order valence-electron chi connectivity index (χ1n) is 9.19. The maximum Gasteiger partial charge on any atom is 0.230 e. The van der Waals surface area contributed by atoms with Gasteiger partial charge in [0.15, 0.2) is 0 Å². The van der Waals surface area contributed by atoms with Crippen LogP contribution < -0.4 is 0 Å². The highest BCUT2D eigenvalue weighted by Gasteiger charge is 2.65. The molecule has 130 valence electrons. The second-order valence-corrected chi connectivity index (χ2v) is 8.14. The summed E-state index contributed by atoms with van der Waals surface area (Å²) in [6, 6.07) is 11.1. The topological polar surface area (TPSA) is 32.8 Å². The minimum absolute atomic E-state index is 0.0858. The number of amides is 1. The van der Waals surface area contributed by atoms with Gasteiger partial charge in [0.2, 0.25) is 5.91 Å². The molecule has 3 aliphatic rings. The van der Waals surface area contributed by atoms with E-state index >= 15 is 0 Å². The Hall–Kier alpha value is -1.39. The van der Waals surface area contributed by atoms with E-state index in [0.29, 0.717) is 24.5 Å². The van der Waals surface area contributed by atoms with E-state index in [1.165, 1.54) is 5.56 Å². The maximum atomic E-state index is 13.1. The van der Waals surface area contributed by atoms with Gasteiger partial charge in [-0.15, -0.1) is 0 Å². The molecule has 4 nitrogen and oxygen atoms in total. The van der Waals surface area contributed by atoms with E-state index in [-0.39, 0.29) is 17.9 Å². The highest BCUT2D eigenvalue weighted by atomic mass is 16.5. The molecule has 0 spiro atoms. The predicted octanol–water partition coefficient (Wildman–Crippen LogP) is 2.91. The van der Waals surface area contributed by atoms with Gasteiger partial charge >= 0.3 is 0 Å². The summed E-state index contributed by atoms with van der Waals surface area (Å²) < 4.78 is 6.23. The summed E-state index contributed by atoms with van der Waals surface area (Å²) >= 11 is 0. The number of nitrogens with zero attached hydrogens (tertiary/aromatic N) is 2. The minimum atomic E-state index is -0.415. The number of likely N-dealkylation sites (tertiary alicyclic amines) is 1. The highest BCUT2D eigenvalue weighted by Crippen LogP contribution is 2.51. The Morgan fingerprint density at radius 2 is 1.88 bits per heavy atom. The van der Waals surface area contributed by atoms with E-state index < -0.39 is 5.72 Å². The van der Waals surface area contributed by atoms with E-state index in [4.69, 9.17) is 4.74 Å². The van der Waals surface area contributed by atoms with E-state index in [2.05, 4.69) is 67.8 Å². The number of hydrogen-bond acceptors (Lipinski definition) is 3. The standard InChI is InChI=1S/C20H28N2O2/c1-13(2)18-12-24-20(4)17-11-21(10-16(17)19(23)22(18)20)14(3)15-8-6-5-7-9-15/h5-9,13-14,16-18H,10-12H2,1-4H3/t14-,16-,17+,18+,20+/m0/s1. The first-order valence-corrected chi connectivity index (χ1v) is 9.19. The summed E-state index contributed by atoms with van der Waals surface area (Å²) in [6.07, 6.45) is 0. The van der Waals surface area contributed by atoms with Gasteiger partial charge in [-0.05, 0) is 25.3 Å². The van der Waals surface area contributed by atoms with Crippen LogP contribution in [0.25, 0.3) is 0 Å². The first-order chi connectivity index (χ1) is 11.4. The molecule has 0 N–H and O–H groups in total. The predicted molar refractivity (Wildman–Crippen MR) is 93.2 cm³/mol. The molecule has 0 bridgehead atoms. The van der Waals surface area contributed by atoms with Crippen molar-refractivity contribution in [1.29, 1.82) is 0 Å². The van der Waals surface area contributed by atoms with Crippen molar-refractivity contribution in [1.82, 2.24) is 9.80 Å². The van der Waals surface area contributed by atoms with Crippen LogP contribution in [0.4, 0.5) is 0 Å². The van der Waals surface area contributed by atoms with Crippen molar-refractivity contribution in [3.05, 3.63) is 35.9 Å². The smallest absolute Gasteiger partial charge is 0.230 e. The molecule has 0 unspecified atom stereocenters. The third-order valence-corrected chi connectivity index (χ3v) is 6.55. The van der Waals surface area contributed by atoms with Gasteiger partial charge in [-0.2, -0.15) is 0 Å². The SMILES string of the molecule is CC(C)[C@H]1CO[C@]2(C)[C@@H]3CN([C@@H](C)c4ccccc4)C[C@@H]3C(=O)N12. The van der Waals surface area contributed by atoms with Crippen LogP contribution in [0.5, 0.6) is 0 Å². The molecule has 4 rings (SSSR count). The number of rotatable bonds is 3. The molecule has 3 aliphatic heterocycles. The first kappa shape index (κ1) is 16.1. The fraction of sp³-hybridized carbons (Fsp3) is 0.650. The van der Waals surface area contributed by atoms with Gasteiger partial charge in [-0.25, -0.2) is 0 Å². The van der Waals surface area contributed by atoms with Gasteiger partial charge < -0.3 is 9.64 Å². The second-order valence-electron chi connectivity index (χ2n) is 8.14. The zero-order valence-electron chi connectivity index (χ0n) is 15.1. The van der Waals surface area contributed by atoms with Crippen LogP contribution in [-0.4, -0.2) is 47.2 Å². The van der Waals surface area contributed by atoms with Crippen LogP contribution in [0, 0.1) is 17.8 Å². The van der Waals surface area contributed by atoms with Crippen molar-refractivity contribution >= 4 is 5.91 Å². The van der Waals surface area contributed by atoms with E-state index in [9.17, 15) is 4.79 Å². The van der Waals surface area contributed by atoms with Crippen molar-refractivity contribution < 1.29 is 9.53 Å². The molecule has 0 aromatic heterocycles. The molecule has 1 aromatic carbocycles. The molecule has 4 heteroatoms. The largest absolute Gasteiger partial charge is 0.353 e. The van der Waals surface area contributed by atoms with Crippen molar-refractivity contribution in [3.8, 4) is 0 Å². The van der Waals surface area contributed by atoms with Crippen LogP contribution in [0.2, 0.25) is 0 Å². The monoisotopic (exact) mass is 328 g/mol. The zero-order chi connectivity index (χ0) is 17.1. The fourth-order valence-corrected chi connectivity index (χ4v) is 4.95. The molecule has 1 aromatic rings. The summed E-state index contributed by atoms with van der Waals surface area (Å²) in [5.74, 6) is 1.11. The van der Waals surface area contributed by atoms with Crippen LogP contribution in [-0.2, 0) is 9.53 Å². The zero-order valence-corrected chi connectivity index (χ0v) is 15.1. The Balaban J connectivity index is 1.57. The van der Waals surface area contributed by atoms with Crippen LogP contribution >= 0.6 is 0 Å². The number of carbonyl (C=O) groups is 1. The molecule has 3 heterocycles. The quantitative estimate of drug-likeness (QED) is 0.855. The number of carbonyl (C=O) groups excluding carboxylic acids is 1. The van der Waals surface area contributed by atoms with E-state index in [1.807, 2.05) is 0 Å². The normalized spacial score (nSPS) is 37.1. The molecule has 3 saturated heterocycles. The van der Waals surface area contributed by atoms with Gasteiger partial charge in [0.25, 0.3) is 0 Å². The lowest BCUT2D eigenvalue weighted by Crippen LogP contribution is -2.49. The Morgan fingerprint density at radius 3 is 2.54 bits per heavy atom. The Kier molecular flexibility index (Phi) is 3.73.